The Morgan fingerprint density at radius 1 is 1.27 bits per heavy atom. The van der Waals surface area contributed by atoms with Crippen LogP contribution in [0.1, 0.15) is 62.6 Å². The highest BCUT2D eigenvalue weighted by atomic mass is 16.2. The Hall–Kier alpha value is -1.35. The van der Waals surface area contributed by atoms with Crippen molar-refractivity contribution in [3.05, 3.63) is 34.9 Å². The largest absolute Gasteiger partial charge is 0.333 e. The number of fused-ring (bicyclic) bond motifs is 3. The summed E-state index contributed by atoms with van der Waals surface area (Å²) in [5.41, 5.74) is 2.80. The third kappa shape index (κ3) is 1.81. The maximum atomic E-state index is 13.4. The summed E-state index contributed by atoms with van der Waals surface area (Å²) in [6.45, 7) is -2.53. The van der Waals surface area contributed by atoms with Gasteiger partial charge in [0.1, 0.15) is 0 Å². The first-order chi connectivity index (χ1) is 13.4. The van der Waals surface area contributed by atoms with E-state index < -0.39 is 31.2 Å². The van der Waals surface area contributed by atoms with Gasteiger partial charge in [-0.15, -0.1) is 0 Å². The van der Waals surface area contributed by atoms with Gasteiger partial charge >= 0.3 is 0 Å². The van der Waals surface area contributed by atoms with Crippen LogP contribution in [-0.4, -0.2) is 47.9 Å². The van der Waals surface area contributed by atoms with E-state index in [1.165, 1.54) is 10.5 Å². The van der Waals surface area contributed by atoms with E-state index in [9.17, 15) is 4.79 Å². The molecule has 1 amide bonds. The van der Waals surface area contributed by atoms with Crippen LogP contribution in [0.2, 0.25) is 0 Å². The fourth-order valence-corrected chi connectivity index (χ4v) is 4.38. The fraction of sp³-hybridized carbons (Fsp3) is 0.632. The summed E-state index contributed by atoms with van der Waals surface area (Å²) in [4.78, 5) is 16.1. The molecule has 3 nitrogen and oxygen atoms in total. The molecule has 4 atom stereocenters. The van der Waals surface area contributed by atoms with E-state index in [4.69, 9.17) is 9.60 Å². The summed E-state index contributed by atoms with van der Waals surface area (Å²) in [6.07, 6.45) is -2.25. The van der Waals surface area contributed by atoms with Gasteiger partial charge in [-0.25, -0.2) is 0 Å². The van der Waals surface area contributed by atoms with Gasteiger partial charge < -0.3 is 9.80 Å². The average Bonchev–Trinajstić information content (AvgIpc) is 2.65. The molecule has 0 saturated carbocycles. The molecule has 1 aromatic rings. The lowest BCUT2D eigenvalue weighted by Crippen LogP contribution is -2.60. The minimum Gasteiger partial charge on any atom is -0.333 e. The lowest BCUT2D eigenvalue weighted by atomic mass is 9.75. The molecule has 1 unspecified atom stereocenters. The zero-order valence-electron chi connectivity index (χ0n) is 19.4. The summed E-state index contributed by atoms with van der Waals surface area (Å²) in [5.74, 6) is -2.60. The molecule has 0 spiro atoms. The maximum Gasteiger partial charge on any atom is 0.254 e. The van der Waals surface area contributed by atoms with E-state index in [1.54, 1.807) is 6.07 Å². The van der Waals surface area contributed by atoms with E-state index in [0.717, 1.165) is 29.7 Å². The zero-order chi connectivity index (χ0) is 21.0. The number of amides is 1. The third-order valence-electron chi connectivity index (χ3n) is 5.42. The smallest absolute Gasteiger partial charge is 0.254 e. The van der Waals surface area contributed by atoms with Gasteiger partial charge in [0.15, 0.2) is 0 Å². The number of nitrogens with zero attached hydrogens (tertiary/aromatic N) is 2. The predicted molar refractivity (Wildman–Crippen MR) is 86.1 cm³/mol. The average molecular weight is 303 g/mol. The zero-order valence-corrected chi connectivity index (χ0v) is 12.4. The van der Waals surface area contributed by atoms with E-state index in [1.807, 2.05) is 12.1 Å². The fourth-order valence-electron chi connectivity index (χ4n) is 4.38. The number of piperidine rings is 3. The van der Waals surface area contributed by atoms with Gasteiger partial charge in [0, 0.05) is 40.2 Å². The number of benzene rings is 1. The van der Waals surface area contributed by atoms with Crippen LogP contribution < -0.4 is 0 Å². The van der Waals surface area contributed by atoms with Gasteiger partial charge in [0.2, 0.25) is 0 Å². The molecule has 22 heavy (non-hydrogen) atoms. The van der Waals surface area contributed by atoms with Gasteiger partial charge in [0.05, 0.1) is 0 Å². The number of hydrogen-bond acceptors (Lipinski definition) is 2. The molecule has 1 aliphatic carbocycles. The first-order valence-corrected chi connectivity index (χ1v) is 8.11. The Morgan fingerprint density at radius 2 is 2.23 bits per heavy atom. The number of rotatable bonds is 1. The van der Waals surface area contributed by atoms with Crippen LogP contribution in [0.4, 0.5) is 0 Å². The molecule has 116 valence electrons. The van der Waals surface area contributed by atoms with Crippen molar-refractivity contribution in [2.75, 3.05) is 26.1 Å². The van der Waals surface area contributed by atoms with Crippen LogP contribution in [0.5, 0.6) is 0 Å². The first-order valence-electron chi connectivity index (χ1n) is 11.6. The van der Waals surface area contributed by atoms with Crippen LogP contribution in [0, 0.1) is 5.89 Å². The minimum absolute atomic E-state index is 0.0387. The monoisotopic (exact) mass is 303 g/mol. The number of carbonyl (C=O) groups excluding carboxylic acids is 1. The lowest BCUT2D eigenvalue weighted by molar-refractivity contribution is 0.00258. The van der Waals surface area contributed by atoms with E-state index in [-0.39, 0.29) is 24.9 Å². The normalized spacial score (nSPS) is 51.3. The molecule has 1 aromatic carbocycles. The molecular formula is C19H24N2O. The first kappa shape index (κ1) is 7.96. The van der Waals surface area contributed by atoms with Crippen LogP contribution in [0.25, 0.3) is 0 Å². The van der Waals surface area contributed by atoms with Crippen molar-refractivity contribution in [2.24, 2.45) is 5.89 Å². The molecule has 3 fully saturated rings. The van der Waals surface area contributed by atoms with Gasteiger partial charge in [0.25, 0.3) is 5.91 Å². The molecule has 4 heterocycles. The van der Waals surface area contributed by atoms with E-state index in [2.05, 4.69) is 0 Å². The van der Waals surface area contributed by atoms with Crippen LogP contribution in [0.3, 0.4) is 0 Å². The standard InChI is InChI=1S/C19H24N2O/c22-19-16-6-2-4-14-3-1-5-15(18(14)16)11-21(19)17-12-20-9-7-13(17)8-10-20/h2,4,6,13,15,17H,1,3,5,7-12H2/t15-,17-/m1/s1/i7D2,8D2,9D2,13D/t13-,15+,17+/m0. The number of aryl methyl sites for hydroxylation is 1. The Labute approximate surface area is 142 Å². The molecular weight excluding hydrogens is 272 g/mol. The molecule has 3 heteroatoms. The Bertz CT molecular complexity index is 905. The number of hydrogen-bond donors (Lipinski definition) is 0. The predicted octanol–water partition coefficient (Wildman–Crippen LogP) is 2.66. The molecule has 0 radical (unpaired) electrons. The molecule has 0 N–H and O–H groups in total. The van der Waals surface area contributed by atoms with Crippen molar-refractivity contribution in [1.82, 2.24) is 9.80 Å². The summed E-state index contributed by atoms with van der Waals surface area (Å²) >= 11 is 0. The van der Waals surface area contributed by atoms with Crippen LogP contribution >= 0.6 is 0 Å². The van der Waals surface area contributed by atoms with Crippen molar-refractivity contribution in [3.8, 4) is 0 Å². The summed E-state index contributed by atoms with van der Waals surface area (Å²) in [5, 5.41) is 0. The van der Waals surface area contributed by atoms with Crippen molar-refractivity contribution >= 4 is 5.91 Å². The van der Waals surface area contributed by atoms with Crippen molar-refractivity contribution in [1.29, 1.82) is 0 Å². The second kappa shape index (κ2) is 4.82. The third-order valence-corrected chi connectivity index (χ3v) is 5.42. The second-order valence-corrected chi connectivity index (χ2v) is 6.65. The summed E-state index contributed by atoms with van der Waals surface area (Å²) in [6, 6.07) is 4.60. The van der Waals surface area contributed by atoms with Gasteiger partial charge in [-0.2, -0.15) is 0 Å². The quantitative estimate of drug-likeness (QED) is 0.796. The van der Waals surface area contributed by atoms with E-state index >= 15 is 0 Å². The summed E-state index contributed by atoms with van der Waals surface area (Å²) in [7, 11) is 0. The Kier molecular flexibility index (Phi) is 1.74. The second-order valence-electron chi connectivity index (χ2n) is 6.65. The summed E-state index contributed by atoms with van der Waals surface area (Å²) < 4.78 is 59.2. The van der Waals surface area contributed by atoms with Gasteiger partial charge in [-0.1, -0.05) is 12.1 Å². The highest BCUT2D eigenvalue weighted by molar-refractivity contribution is 5.97. The molecule has 4 aliphatic heterocycles. The lowest BCUT2D eigenvalue weighted by Gasteiger charge is -2.51. The van der Waals surface area contributed by atoms with Crippen molar-refractivity contribution in [3.63, 3.8) is 0 Å². The van der Waals surface area contributed by atoms with Gasteiger partial charge in [-0.3, -0.25) is 4.79 Å². The number of carbonyl (C=O) groups is 1. The molecule has 2 bridgehead atoms. The topological polar surface area (TPSA) is 23.6 Å². The Morgan fingerprint density at radius 3 is 3.18 bits per heavy atom. The van der Waals surface area contributed by atoms with Crippen LogP contribution in [0.15, 0.2) is 18.2 Å². The van der Waals surface area contributed by atoms with Crippen molar-refractivity contribution < 1.29 is 14.4 Å². The van der Waals surface area contributed by atoms with Crippen LogP contribution in [-0.2, 0) is 6.42 Å². The molecule has 3 saturated heterocycles. The van der Waals surface area contributed by atoms with Crippen molar-refractivity contribution in [2.45, 2.75) is 44.0 Å². The maximum absolute atomic E-state index is 13.4. The minimum atomic E-state index is -2.78. The Balaban J connectivity index is 1.63. The van der Waals surface area contributed by atoms with Gasteiger partial charge in [-0.05, 0) is 68.1 Å². The molecule has 0 aromatic heterocycles. The molecule has 5 aliphatic rings. The van der Waals surface area contributed by atoms with E-state index in [0.29, 0.717) is 12.1 Å². The SMILES string of the molecule is [2H]C1([2H])N2C[C@@H](N3C[C@H]4CCCc5cccc(c54)C3=O)[C@]([2H])(C([2H])([2H])C2)C1([2H])[2H]. The highest BCUT2D eigenvalue weighted by Crippen LogP contribution is 2.41. The highest BCUT2D eigenvalue weighted by Gasteiger charge is 2.43. The molecule has 6 rings (SSSR count).